The van der Waals surface area contributed by atoms with Gasteiger partial charge >= 0.3 is 0 Å². The first kappa shape index (κ1) is 11.0. The molecule has 0 atom stereocenters. The topological polar surface area (TPSA) is 24.9 Å². The Hall–Kier alpha value is -1.49. The molecule has 5 heteroatoms. The quantitative estimate of drug-likeness (QED) is 0.890. The van der Waals surface area contributed by atoms with Crippen LogP contribution in [-0.2, 0) is 6.54 Å². The third-order valence-electron chi connectivity index (χ3n) is 2.16. The molecule has 0 radical (unpaired) electrons. The van der Waals surface area contributed by atoms with Gasteiger partial charge in [-0.1, -0.05) is 0 Å². The molecule has 0 saturated carbocycles. The Kier molecular flexibility index (Phi) is 3.14. The fourth-order valence-corrected chi connectivity index (χ4v) is 2.05. The Morgan fingerprint density at radius 3 is 2.50 bits per heavy atom. The summed E-state index contributed by atoms with van der Waals surface area (Å²) in [6.45, 7) is 2.43. The molecule has 0 spiro atoms. The standard InChI is InChI=1S/C11H10F2N2S/c1-7-11(16-6-15-7)5-14-10-3-8(12)2-9(13)4-10/h2-4,6,14H,5H2,1H3. The van der Waals surface area contributed by atoms with E-state index in [0.29, 0.717) is 12.2 Å². The van der Waals surface area contributed by atoms with Crippen LogP contribution >= 0.6 is 11.3 Å². The van der Waals surface area contributed by atoms with E-state index in [0.717, 1.165) is 16.6 Å². The van der Waals surface area contributed by atoms with Gasteiger partial charge in [0.15, 0.2) is 0 Å². The summed E-state index contributed by atoms with van der Waals surface area (Å²) in [5.74, 6) is -1.16. The minimum Gasteiger partial charge on any atom is -0.380 e. The van der Waals surface area contributed by atoms with Crippen molar-refractivity contribution < 1.29 is 8.78 Å². The Bertz CT molecular complexity index is 476. The zero-order chi connectivity index (χ0) is 11.5. The lowest BCUT2D eigenvalue weighted by Gasteiger charge is -2.05. The highest BCUT2D eigenvalue weighted by Gasteiger charge is 2.03. The summed E-state index contributed by atoms with van der Waals surface area (Å²) >= 11 is 1.52. The van der Waals surface area contributed by atoms with Crippen molar-refractivity contribution in [2.75, 3.05) is 5.32 Å². The number of aromatic nitrogens is 1. The van der Waals surface area contributed by atoms with Crippen molar-refractivity contribution in [1.82, 2.24) is 4.98 Å². The lowest BCUT2D eigenvalue weighted by atomic mass is 10.3. The van der Waals surface area contributed by atoms with Crippen LogP contribution < -0.4 is 5.32 Å². The van der Waals surface area contributed by atoms with Gasteiger partial charge < -0.3 is 5.32 Å². The molecule has 1 N–H and O–H groups in total. The number of aryl methyl sites for hydroxylation is 1. The molecule has 16 heavy (non-hydrogen) atoms. The predicted octanol–water partition coefficient (Wildman–Crippen LogP) is 3.34. The largest absolute Gasteiger partial charge is 0.380 e. The van der Waals surface area contributed by atoms with E-state index in [1.54, 1.807) is 5.51 Å². The normalized spacial score (nSPS) is 10.4. The maximum absolute atomic E-state index is 12.9. The molecule has 0 amide bonds. The molecule has 1 heterocycles. The molecule has 2 aromatic rings. The van der Waals surface area contributed by atoms with Crippen LogP contribution in [0.1, 0.15) is 10.6 Å². The molecule has 0 bridgehead atoms. The molecular weight excluding hydrogens is 230 g/mol. The number of hydrogen-bond donors (Lipinski definition) is 1. The van der Waals surface area contributed by atoms with E-state index in [4.69, 9.17) is 0 Å². The molecule has 0 fully saturated rings. The van der Waals surface area contributed by atoms with Crippen molar-refractivity contribution in [3.8, 4) is 0 Å². The highest BCUT2D eigenvalue weighted by atomic mass is 32.1. The van der Waals surface area contributed by atoms with Gasteiger partial charge in [0.25, 0.3) is 0 Å². The monoisotopic (exact) mass is 240 g/mol. The maximum Gasteiger partial charge on any atom is 0.128 e. The molecule has 1 aromatic heterocycles. The number of benzene rings is 1. The third kappa shape index (κ3) is 2.55. The second-order valence-corrected chi connectivity index (χ2v) is 4.31. The van der Waals surface area contributed by atoms with Crippen molar-refractivity contribution in [3.05, 3.63) is 45.9 Å². The zero-order valence-electron chi connectivity index (χ0n) is 8.63. The van der Waals surface area contributed by atoms with Crippen LogP contribution in [0.5, 0.6) is 0 Å². The second kappa shape index (κ2) is 4.57. The molecule has 0 aliphatic carbocycles. The molecule has 1 aromatic carbocycles. The summed E-state index contributed by atoms with van der Waals surface area (Å²) in [5.41, 5.74) is 3.12. The van der Waals surface area contributed by atoms with E-state index in [-0.39, 0.29) is 0 Å². The van der Waals surface area contributed by atoms with Gasteiger partial charge in [0.1, 0.15) is 11.6 Å². The lowest BCUT2D eigenvalue weighted by Crippen LogP contribution is -2.00. The fraction of sp³-hybridized carbons (Fsp3) is 0.182. The van der Waals surface area contributed by atoms with E-state index in [9.17, 15) is 8.78 Å². The number of rotatable bonds is 3. The summed E-state index contributed by atoms with van der Waals surface area (Å²) < 4.78 is 25.8. The van der Waals surface area contributed by atoms with E-state index < -0.39 is 11.6 Å². The first-order chi connectivity index (χ1) is 7.65. The highest BCUT2D eigenvalue weighted by molar-refractivity contribution is 7.09. The van der Waals surface area contributed by atoms with Gasteiger partial charge in [0, 0.05) is 16.6 Å². The van der Waals surface area contributed by atoms with Gasteiger partial charge in [-0.15, -0.1) is 11.3 Å². The van der Waals surface area contributed by atoms with E-state index in [1.165, 1.54) is 23.5 Å². The smallest absolute Gasteiger partial charge is 0.128 e. The van der Waals surface area contributed by atoms with Crippen molar-refractivity contribution >= 4 is 17.0 Å². The van der Waals surface area contributed by atoms with Gasteiger partial charge in [0.05, 0.1) is 17.7 Å². The Morgan fingerprint density at radius 1 is 1.25 bits per heavy atom. The number of anilines is 1. The summed E-state index contributed by atoms with van der Waals surface area (Å²) in [5, 5.41) is 2.96. The molecule has 0 aliphatic rings. The summed E-state index contributed by atoms with van der Waals surface area (Å²) in [6, 6.07) is 3.38. The number of nitrogens with zero attached hydrogens (tertiary/aromatic N) is 1. The molecule has 0 unspecified atom stereocenters. The van der Waals surface area contributed by atoms with Crippen LogP contribution in [-0.4, -0.2) is 4.98 Å². The molecule has 2 rings (SSSR count). The minimum atomic E-state index is -0.580. The Labute approximate surface area is 96.0 Å². The van der Waals surface area contributed by atoms with Gasteiger partial charge in [-0.05, 0) is 19.1 Å². The summed E-state index contributed by atoms with van der Waals surface area (Å²) in [7, 11) is 0. The summed E-state index contributed by atoms with van der Waals surface area (Å²) in [4.78, 5) is 5.15. The molecule has 2 nitrogen and oxygen atoms in total. The predicted molar refractivity (Wildman–Crippen MR) is 60.5 cm³/mol. The number of nitrogens with one attached hydrogen (secondary N) is 1. The lowest BCUT2D eigenvalue weighted by molar-refractivity contribution is 0.584. The van der Waals surface area contributed by atoms with Crippen LogP contribution in [0.15, 0.2) is 23.7 Å². The highest BCUT2D eigenvalue weighted by Crippen LogP contribution is 2.17. The number of thiazole rings is 1. The fourth-order valence-electron chi connectivity index (χ4n) is 1.33. The van der Waals surface area contributed by atoms with Gasteiger partial charge in [0.2, 0.25) is 0 Å². The van der Waals surface area contributed by atoms with E-state index in [1.807, 2.05) is 6.92 Å². The molecule has 0 saturated heterocycles. The van der Waals surface area contributed by atoms with Crippen LogP contribution in [0.3, 0.4) is 0 Å². The first-order valence-corrected chi connectivity index (χ1v) is 5.62. The van der Waals surface area contributed by atoms with Gasteiger partial charge in [-0.3, -0.25) is 0 Å². The van der Waals surface area contributed by atoms with Crippen LogP contribution in [0.25, 0.3) is 0 Å². The van der Waals surface area contributed by atoms with E-state index in [2.05, 4.69) is 10.3 Å². The van der Waals surface area contributed by atoms with Crippen molar-refractivity contribution in [1.29, 1.82) is 0 Å². The first-order valence-electron chi connectivity index (χ1n) is 4.74. The van der Waals surface area contributed by atoms with Crippen LogP contribution in [0.2, 0.25) is 0 Å². The number of hydrogen-bond acceptors (Lipinski definition) is 3. The Balaban J connectivity index is 2.07. The third-order valence-corrected chi connectivity index (χ3v) is 3.10. The minimum absolute atomic E-state index is 0.435. The average molecular weight is 240 g/mol. The average Bonchev–Trinajstić information content (AvgIpc) is 2.59. The SMILES string of the molecule is Cc1ncsc1CNc1cc(F)cc(F)c1. The maximum atomic E-state index is 12.9. The van der Waals surface area contributed by atoms with Gasteiger partial charge in [-0.2, -0.15) is 0 Å². The van der Waals surface area contributed by atoms with Crippen molar-refractivity contribution in [2.24, 2.45) is 0 Å². The Morgan fingerprint density at radius 2 is 1.94 bits per heavy atom. The molecule has 0 aliphatic heterocycles. The zero-order valence-corrected chi connectivity index (χ0v) is 9.44. The van der Waals surface area contributed by atoms with Gasteiger partial charge in [-0.25, -0.2) is 13.8 Å². The number of halogens is 2. The van der Waals surface area contributed by atoms with E-state index >= 15 is 0 Å². The van der Waals surface area contributed by atoms with Crippen LogP contribution in [0, 0.1) is 18.6 Å². The molecule has 84 valence electrons. The van der Waals surface area contributed by atoms with Crippen molar-refractivity contribution in [2.45, 2.75) is 13.5 Å². The van der Waals surface area contributed by atoms with Crippen molar-refractivity contribution in [3.63, 3.8) is 0 Å². The second-order valence-electron chi connectivity index (χ2n) is 3.37. The summed E-state index contributed by atoms with van der Waals surface area (Å²) in [6.07, 6.45) is 0. The molecular formula is C11H10F2N2S. The van der Waals surface area contributed by atoms with Crippen LogP contribution in [0.4, 0.5) is 14.5 Å².